The lowest BCUT2D eigenvalue weighted by atomic mass is 10.2. The summed E-state index contributed by atoms with van der Waals surface area (Å²) in [6.45, 7) is 0. The second-order valence-corrected chi connectivity index (χ2v) is 6.00. The summed E-state index contributed by atoms with van der Waals surface area (Å²) in [7, 11) is 3.45. The van der Waals surface area contributed by atoms with Crippen molar-refractivity contribution in [2.75, 3.05) is 5.32 Å². The SMILES string of the molecule is Cn1sc(Nc2c(Cl)ccc3c2cnn3C)c(C#N)c1=O. The topological polar surface area (TPSA) is 75.6 Å². The number of anilines is 2. The second-order valence-electron chi connectivity index (χ2n) is 4.46. The molecule has 1 N–H and O–H groups in total. The minimum absolute atomic E-state index is 0.0828. The van der Waals surface area contributed by atoms with Crippen molar-refractivity contribution in [3.63, 3.8) is 0 Å². The molecule has 0 spiro atoms. The number of fused-ring (bicyclic) bond motifs is 1. The molecule has 0 aliphatic heterocycles. The fraction of sp³-hybridized carbons (Fsp3) is 0.154. The highest BCUT2D eigenvalue weighted by atomic mass is 35.5. The van der Waals surface area contributed by atoms with E-state index in [1.165, 1.54) is 15.5 Å². The molecule has 6 nitrogen and oxygen atoms in total. The van der Waals surface area contributed by atoms with Gasteiger partial charge in [-0.1, -0.05) is 11.6 Å². The predicted molar refractivity (Wildman–Crippen MR) is 83.3 cm³/mol. The number of hydrogen-bond donors (Lipinski definition) is 1. The Balaban J connectivity index is 2.19. The maximum absolute atomic E-state index is 11.8. The van der Waals surface area contributed by atoms with Crippen LogP contribution >= 0.6 is 23.1 Å². The fourth-order valence-electron chi connectivity index (χ4n) is 2.10. The largest absolute Gasteiger partial charge is 0.343 e. The van der Waals surface area contributed by atoms with Crippen LogP contribution < -0.4 is 10.9 Å². The molecule has 0 radical (unpaired) electrons. The van der Waals surface area contributed by atoms with Crippen LogP contribution in [0.2, 0.25) is 5.02 Å². The van der Waals surface area contributed by atoms with Crippen molar-refractivity contribution in [2.45, 2.75) is 0 Å². The number of nitrogens with one attached hydrogen (secondary N) is 1. The minimum atomic E-state index is -0.320. The molecule has 0 atom stereocenters. The van der Waals surface area contributed by atoms with E-state index >= 15 is 0 Å². The molecule has 0 aliphatic rings. The van der Waals surface area contributed by atoms with Gasteiger partial charge in [-0.05, 0) is 23.7 Å². The molecule has 106 valence electrons. The lowest BCUT2D eigenvalue weighted by Crippen LogP contribution is -2.11. The lowest BCUT2D eigenvalue weighted by molar-refractivity contribution is 0.797. The normalized spacial score (nSPS) is 10.8. The summed E-state index contributed by atoms with van der Waals surface area (Å²) < 4.78 is 3.13. The van der Waals surface area contributed by atoms with E-state index in [0.717, 1.165) is 10.9 Å². The average molecular weight is 320 g/mol. The predicted octanol–water partition coefficient (Wildman–Crippen LogP) is 2.60. The average Bonchev–Trinajstić information content (AvgIpc) is 2.95. The summed E-state index contributed by atoms with van der Waals surface area (Å²) in [6.07, 6.45) is 1.70. The van der Waals surface area contributed by atoms with Gasteiger partial charge in [0, 0.05) is 19.5 Å². The van der Waals surface area contributed by atoms with Gasteiger partial charge in [-0.2, -0.15) is 10.4 Å². The molecule has 3 rings (SSSR count). The van der Waals surface area contributed by atoms with Crippen molar-refractivity contribution in [1.29, 1.82) is 5.26 Å². The summed E-state index contributed by atoms with van der Waals surface area (Å²) in [5.41, 5.74) is 1.31. The number of rotatable bonds is 2. The Labute approximate surface area is 128 Å². The number of hydrogen-bond acceptors (Lipinski definition) is 5. The number of benzene rings is 1. The van der Waals surface area contributed by atoms with E-state index in [9.17, 15) is 4.79 Å². The molecule has 0 saturated heterocycles. The van der Waals surface area contributed by atoms with Crippen molar-refractivity contribution in [1.82, 2.24) is 13.7 Å². The van der Waals surface area contributed by atoms with Crippen LogP contribution in [0.15, 0.2) is 23.1 Å². The maximum atomic E-state index is 11.8. The molecule has 8 heteroatoms. The van der Waals surface area contributed by atoms with Crippen LogP contribution in [0.1, 0.15) is 5.56 Å². The Hall–Kier alpha value is -2.30. The highest BCUT2D eigenvalue weighted by molar-refractivity contribution is 7.11. The second kappa shape index (κ2) is 4.91. The van der Waals surface area contributed by atoms with E-state index in [4.69, 9.17) is 16.9 Å². The number of aromatic nitrogens is 3. The van der Waals surface area contributed by atoms with Crippen molar-refractivity contribution < 1.29 is 0 Å². The Morgan fingerprint density at radius 3 is 2.90 bits per heavy atom. The third kappa shape index (κ3) is 2.09. The van der Waals surface area contributed by atoms with Crippen LogP contribution in [0.25, 0.3) is 10.9 Å². The number of nitrogens with zero attached hydrogens (tertiary/aromatic N) is 4. The number of halogens is 1. The third-order valence-electron chi connectivity index (χ3n) is 3.19. The molecule has 21 heavy (non-hydrogen) atoms. The Bertz CT molecular complexity index is 946. The van der Waals surface area contributed by atoms with E-state index in [1.54, 1.807) is 24.0 Å². The van der Waals surface area contributed by atoms with E-state index < -0.39 is 0 Å². The van der Waals surface area contributed by atoms with Crippen LogP contribution in [0, 0.1) is 11.3 Å². The standard InChI is InChI=1S/C13H10ClN5OS/c1-18-10-4-3-9(14)11(8(10)6-16-18)17-12-7(5-15)13(20)19(2)21-12/h3-4,6,17H,1-2H3. The van der Waals surface area contributed by atoms with Crippen LogP contribution in [-0.2, 0) is 14.1 Å². The smallest absolute Gasteiger partial charge is 0.280 e. The Morgan fingerprint density at radius 1 is 1.43 bits per heavy atom. The first kappa shape index (κ1) is 13.7. The van der Waals surface area contributed by atoms with Gasteiger partial charge in [0.15, 0.2) is 5.56 Å². The van der Waals surface area contributed by atoms with Gasteiger partial charge < -0.3 is 5.32 Å². The van der Waals surface area contributed by atoms with Crippen molar-refractivity contribution >= 4 is 44.7 Å². The monoisotopic (exact) mass is 319 g/mol. The van der Waals surface area contributed by atoms with E-state index in [2.05, 4.69) is 10.4 Å². The number of nitriles is 1. The van der Waals surface area contributed by atoms with Gasteiger partial charge in [0.25, 0.3) is 5.56 Å². The molecule has 0 amide bonds. The first-order valence-electron chi connectivity index (χ1n) is 6.00. The van der Waals surface area contributed by atoms with Crippen LogP contribution in [0.5, 0.6) is 0 Å². The van der Waals surface area contributed by atoms with Crippen molar-refractivity contribution in [2.24, 2.45) is 14.1 Å². The van der Waals surface area contributed by atoms with Gasteiger partial charge in [0.05, 0.1) is 22.4 Å². The molecular weight excluding hydrogens is 310 g/mol. The minimum Gasteiger partial charge on any atom is -0.343 e. The summed E-state index contributed by atoms with van der Waals surface area (Å²) in [5, 5.41) is 18.2. The van der Waals surface area contributed by atoms with Crippen molar-refractivity contribution in [3.8, 4) is 6.07 Å². The summed E-state index contributed by atoms with van der Waals surface area (Å²) in [6, 6.07) is 5.55. The molecule has 1 aromatic carbocycles. The van der Waals surface area contributed by atoms with Gasteiger partial charge in [0.1, 0.15) is 11.1 Å². The van der Waals surface area contributed by atoms with E-state index in [1.807, 2.05) is 19.2 Å². The first-order chi connectivity index (χ1) is 10.0. The van der Waals surface area contributed by atoms with E-state index in [0.29, 0.717) is 15.7 Å². The molecular formula is C13H10ClN5OS. The first-order valence-corrected chi connectivity index (χ1v) is 7.15. The fourth-order valence-corrected chi connectivity index (χ4v) is 3.14. The van der Waals surface area contributed by atoms with Crippen LogP contribution in [0.4, 0.5) is 10.7 Å². The van der Waals surface area contributed by atoms with Gasteiger partial charge in [0.2, 0.25) is 0 Å². The maximum Gasteiger partial charge on any atom is 0.280 e. The lowest BCUT2D eigenvalue weighted by Gasteiger charge is -2.08. The Kier molecular flexibility index (Phi) is 3.20. The van der Waals surface area contributed by atoms with Crippen molar-refractivity contribution in [3.05, 3.63) is 39.3 Å². The number of aryl methyl sites for hydroxylation is 2. The molecule has 2 heterocycles. The summed E-state index contributed by atoms with van der Waals surface area (Å²) >= 11 is 7.41. The highest BCUT2D eigenvalue weighted by Crippen LogP contribution is 2.34. The molecule has 2 aromatic heterocycles. The van der Waals surface area contributed by atoms with Gasteiger partial charge in [-0.15, -0.1) is 0 Å². The van der Waals surface area contributed by atoms with Crippen LogP contribution in [-0.4, -0.2) is 13.7 Å². The molecule has 0 fully saturated rings. The van der Waals surface area contributed by atoms with Crippen LogP contribution in [0.3, 0.4) is 0 Å². The Morgan fingerprint density at radius 2 is 2.19 bits per heavy atom. The quantitative estimate of drug-likeness (QED) is 0.787. The van der Waals surface area contributed by atoms with Gasteiger partial charge in [-0.3, -0.25) is 13.4 Å². The van der Waals surface area contributed by atoms with Gasteiger partial charge in [-0.25, -0.2) is 0 Å². The summed E-state index contributed by atoms with van der Waals surface area (Å²) in [5.74, 6) is 0. The zero-order valence-corrected chi connectivity index (χ0v) is 12.8. The molecule has 0 saturated carbocycles. The van der Waals surface area contributed by atoms with Gasteiger partial charge >= 0.3 is 0 Å². The molecule has 0 aliphatic carbocycles. The zero-order chi connectivity index (χ0) is 15.1. The third-order valence-corrected chi connectivity index (χ3v) is 4.43. The molecule has 0 unspecified atom stereocenters. The van der Waals surface area contributed by atoms with E-state index in [-0.39, 0.29) is 11.1 Å². The zero-order valence-electron chi connectivity index (χ0n) is 11.2. The highest BCUT2D eigenvalue weighted by Gasteiger charge is 2.16. The molecule has 3 aromatic rings. The molecule has 0 bridgehead atoms. The summed E-state index contributed by atoms with van der Waals surface area (Å²) in [4.78, 5) is 11.8.